The van der Waals surface area contributed by atoms with Gasteiger partial charge in [-0.25, -0.2) is 13.6 Å². The van der Waals surface area contributed by atoms with Crippen molar-refractivity contribution in [3.63, 3.8) is 0 Å². The van der Waals surface area contributed by atoms with E-state index in [1.165, 1.54) is 11.9 Å². The number of unbranched alkanes of at least 4 members (excludes halogenated alkanes) is 1. The number of rotatable bonds is 6. The summed E-state index contributed by atoms with van der Waals surface area (Å²) in [5.41, 5.74) is -0.915. The summed E-state index contributed by atoms with van der Waals surface area (Å²) in [6.45, 7) is 3.91. The zero-order chi connectivity index (χ0) is 15.3. The fourth-order valence-electron chi connectivity index (χ4n) is 1.68. The molecule has 0 saturated heterocycles. The molecule has 0 heterocycles. The molecule has 1 amide bonds. The summed E-state index contributed by atoms with van der Waals surface area (Å²) in [7, 11) is 1.47. The van der Waals surface area contributed by atoms with Gasteiger partial charge in [0, 0.05) is 13.6 Å². The lowest BCUT2D eigenvalue weighted by molar-refractivity contribution is 0.0680. The van der Waals surface area contributed by atoms with E-state index in [-0.39, 0.29) is 5.56 Å². The normalized spacial score (nSPS) is 10.2. The van der Waals surface area contributed by atoms with Gasteiger partial charge in [-0.1, -0.05) is 6.08 Å². The van der Waals surface area contributed by atoms with Crippen LogP contribution in [0, 0.1) is 11.6 Å². The molecule has 4 nitrogen and oxygen atoms in total. The Balaban J connectivity index is 3.05. The van der Waals surface area contributed by atoms with E-state index in [9.17, 15) is 18.4 Å². The van der Waals surface area contributed by atoms with Crippen LogP contribution in [0.2, 0.25) is 0 Å². The SMILES string of the molecule is C=CCCCN(C)C(=O)c1cc(F)c(F)cc1C(=O)O. The summed E-state index contributed by atoms with van der Waals surface area (Å²) in [4.78, 5) is 24.3. The average Bonchev–Trinajstić information content (AvgIpc) is 2.40. The minimum absolute atomic E-state index is 0.363. The van der Waals surface area contributed by atoms with Crippen molar-refractivity contribution >= 4 is 11.9 Å². The highest BCUT2D eigenvalue weighted by atomic mass is 19.2. The lowest BCUT2D eigenvalue weighted by Gasteiger charge is -2.18. The molecule has 0 spiro atoms. The summed E-state index contributed by atoms with van der Waals surface area (Å²) < 4.78 is 26.3. The van der Waals surface area contributed by atoms with Crippen LogP contribution < -0.4 is 0 Å². The van der Waals surface area contributed by atoms with E-state index in [4.69, 9.17) is 5.11 Å². The zero-order valence-electron chi connectivity index (χ0n) is 11.0. The first-order chi connectivity index (χ1) is 9.38. The van der Waals surface area contributed by atoms with Crippen molar-refractivity contribution in [2.75, 3.05) is 13.6 Å². The van der Waals surface area contributed by atoms with Gasteiger partial charge in [-0.15, -0.1) is 6.58 Å². The lowest BCUT2D eigenvalue weighted by Crippen LogP contribution is -2.29. The molecule has 0 aliphatic rings. The fraction of sp³-hybridized carbons (Fsp3) is 0.286. The summed E-state index contributed by atoms with van der Waals surface area (Å²) in [6.07, 6.45) is 3.04. The number of benzene rings is 1. The highest BCUT2D eigenvalue weighted by Gasteiger charge is 2.22. The van der Waals surface area contributed by atoms with Gasteiger partial charge in [0.1, 0.15) is 0 Å². The highest BCUT2D eigenvalue weighted by molar-refractivity contribution is 6.04. The Bertz CT molecular complexity index is 543. The van der Waals surface area contributed by atoms with Crippen molar-refractivity contribution in [2.45, 2.75) is 12.8 Å². The van der Waals surface area contributed by atoms with Crippen LogP contribution in [-0.4, -0.2) is 35.5 Å². The molecule has 0 atom stereocenters. The maximum atomic E-state index is 13.2. The second-order valence-electron chi connectivity index (χ2n) is 4.27. The molecule has 0 radical (unpaired) electrons. The van der Waals surface area contributed by atoms with Crippen LogP contribution in [0.15, 0.2) is 24.8 Å². The molecule has 0 saturated carbocycles. The van der Waals surface area contributed by atoms with Gasteiger partial charge in [0.05, 0.1) is 11.1 Å². The van der Waals surface area contributed by atoms with Gasteiger partial charge in [0.15, 0.2) is 11.6 Å². The molecule has 0 bridgehead atoms. The average molecular weight is 283 g/mol. The van der Waals surface area contributed by atoms with Crippen molar-refractivity contribution < 1.29 is 23.5 Å². The molecule has 0 aliphatic heterocycles. The van der Waals surface area contributed by atoms with E-state index < -0.39 is 29.1 Å². The number of nitrogens with zero attached hydrogens (tertiary/aromatic N) is 1. The van der Waals surface area contributed by atoms with Gasteiger partial charge in [-0.05, 0) is 25.0 Å². The number of allylic oxidation sites excluding steroid dienone is 1. The molecule has 0 aromatic heterocycles. The Morgan fingerprint density at radius 3 is 2.35 bits per heavy atom. The monoisotopic (exact) mass is 283 g/mol. The van der Waals surface area contributed by atoms with Crippen LogP contribution >= 0.6 is 0 Å². The molecule has 108 valence electrons. The number of carboxylic acid groups (broad SMARTS) is 1. The number of hydrogen-bond acceptors (Lipinski definition) is 2. The first-order valence-electron chi connectivity index (χ1n) is 5.97. The van der Waals surface area contributed by atoms with Gasteiger partial charge in [-0.2, -0.15) is 0 Å². The van der Waals surface area contributed by atoms with Crippen molar-refractivity contribution in [2.24, 2.45) is 0 Å². The van der Waals surface area contributed by atoms with Crippen LogP contribution in [0.1, 0.15) is 33.6 Å². The fourth-order valence-corrected chi connectivity index (χ4v) is 1.68. The standard InChI is InChI=1S/C14H15F2NO3/c1-3-4-5-6-17(2)13(18)9-7-11(15)12(16)8-10(9)14(19)20/h3,7-8H,1,4-6H2,2H3,(H,19,20). The number of carbonyl (C=O) groups excluding carboxylic acids is 1. The summed E-state index contributed by atoms with van der Waals surface area (Å²) in [6, 6.07) is 1.13. The molecule has 0 unspecified atom stereocenters. The van der Waals surface area contributed by atoms with Crippen LogP contribution in [0.25, 0.3) is 0 Å². The Labute approximate surface area is 115 Å². The number of hydrogen-bond donors (Lipinski definition) is 1. The third kappa shape index (κ3) is 3.63. The summed E-state index contributed by atoms with van der Waals surface area (Å²) in [5, 5.41) is 8.95. The number of carbonyl (C=O) groups is 2. The highest BCUT2D eigenvalue weighted by Crippen LogP contribution is 2.17. The van der Waals surface area contributed by atoms with E-state index in [1.807, 2.05) is 0 Å². The van der Waals surface area contributed by atoms with Crippen LogP contribution in [0.5, 0.6) is 0 Å². The minimum Gasteiger partial charge on any atom is -0.478 e. The van der Waals surface area contributed by atoms with Crippen molar-refractivity contribution in [3.8, 4) is 0 Å². The molecule has 0 fully saturated rings. The van der Waals surface area contributed by atoms with Crippen molar-refractivity contribution in [1.82, 2.24) is 4.90 Å². The number of aromatic carboxylic acids is 1. The minimum atomic E-state index is -1.48. The Kier molecular flexibility index (Phi) is 5.37. The summed E-state index contributed by atoms with van der Waals surface area (Å²) >= 11 is 0. The van der Waals surface area contributed by atoms with E-state index in [2.05, 4.69) is 6.58 Å². The summed E-state index contributed by atoms with van der Waals surface area (Å²) in [5.74, 6) is -4.69. The van der Waals surface area contributed by atoms with Gasteiger partial charge < -0.3 is 10.0 Å². The van der Waals surface area contributed by atoms with E-state index in [0.29, 0.717) is 31.5 Å². The quantitative estimate of drug-likeness (QED) is 0.645. The van der Waals surface area contributed by atoms with Gasteiger partial charge >= 0.3 is 5.97 Å². The van der Waals surface area contributed by atoms with Gasteiger partial charge in [0.25, 0.3) is 5.91 Å². The molecule has 6 heteroatoms. The first-order valence-corrected chi connectivity index (χ1v) is 5.97. The number of carboxylic acids is 1. The molecule has 1 rings (SSSR count). The molecular weight excluding hydrogens is 268 g/mol. The molecule has 1 N–H and O–H groups in total. The van der Waals surface area contributed by atoms with E-state index in [0.717, 1.165) is 0 Å². The Morgan fingerprint density at radius 2 is 1.85 bits per heavy atom. The molecular formula is C14H15F2NO3. The molecule has 20 heavy (non-hydrogen) atoms. The topological polar surface area (TPSA) is 57.6 Å². The Morgan fingerprint density at radius 1 is 1.30 bits per heavy atom. The molecule has 1 aromatic carbocycles. The third-order valence-electron chi connectivity index (χ3n) is 2.77. The van der Waals surface area contributed by atoms with Crippen molar-refractivity contribution in [3.05, 3.63) is 47.5 Å². The number of amides is 1. The number of halogens is 2. The van der Waals surface area contributed by atoms with Crippen molar-refractivity contribution in [1.29, 1.82) is 0 Å². The van der Waals surface area contributed by atoms with Crippen LogP contribution in [0.3, 0.4) is 0 Å². The maximum Gasteiger partial charge on any atom is 0.336 e. The zero-order valence-corrected chi connectivity index (χ0v) is 11.0. The molecule has 1 aromatic rings. The molecule has 0 aliphatic carbocycles. The second kappa shape index (κ2) is 6.79. The lowest BCUT2D eigenvalue weighted by atomic mass is 10.1. The second-order valence-corrected chi connectivity index (χ2v) is 4.27. The third-order valence-corrected chi connectivity index (χ3v) is 2.77. The predicted molar refractivity (Wildman–Crippen MR) is 69.7 cm³/mol. The Hall–Kier alpha value is -2.24. The largest absolute Gasteiger partial charge is 0.478 e. The first kappa shape index (κ1) is 15.8. The van der Waals surface area contributed by atoms with E-state index in [1.54, 1.807) is 6.08 Å². The van der Waals surface area contributed by atoms with Crippen LogP contribution in [0.4, 0.5) is 8.78 Å². The smallest absolute Gasteiger partial charge is 0.336 e. The maximum absolute atomic E-state index is 13.2. The van der Waals surface area contributed by atoms with Gasteiger partial charge in [-0.3, -0.25) is 4.79 Å². The van der Waals surface area contributed by atoms with E-state index >= 15 is 0 Å². The predicted octanol–water partition coefficient (Wildman–Crippen LogP) is 2.70. The van der Waals surface area contributed by atoms with Crippen LogP contribution in [-0.2, 0) is 0 Å². The van der Waals surface area contributed by atoms with Gasteiger partial charge in [0.2, 0.25) is 0 Å².